The molecule has 0 saturated heterocycles. The summed E-state index contributed by atoms with van der Waals surface area (Å²) >= 11 is 0. The summed E-state index contributed by atoms with van der Waals surface area (Å²) in [5.74, 6) is -1.88. The second-order valence-corrected chi connectivity index (χ2v) is 8.65. The van der Waals surface area contributed by atoms with Gasteiger partial charge in [0, 0.05) is 5.56 Å². The Morgan fingerprint density at radius 2 is 1.60 bits per heavy atom. The number of rotatable bonds is 7. The first-order valence-electron chi connectivity index (χ1n) is 10.9. The van der Waals surface area contributed by atoms with Crippen molar-refractivity contribution in [2.45, 2.75) is 39.9 Å². The first-order chi connectivity index (χ1) is 16.6. The highest BCUT2D eigenvalue weighted by atomic mass is 19.1. The third kappa shape index (κ3) is 6.44. The minimum atomic E-state index is -0.988. The maximum absolute atomic E-state index is 15.3. The first kappa shape index (κ1) is 25.4. The molecule has 3 aromatic carbocycles. The van der Waals surface area contributed by atoms with Gasteiger partial charge in [-0.25, -0.2) is 14.0 Å². The van der Waals surface area contributed by atoms with E-state index >= 15 is 4.39 Å². The fourth-order valence-corrected chi connectivity index (χ4v) is 3.25. The smallest absolute Gasteiger partial charge is 0.412 e. The van der Waals surface area contributed by atoms with E-state index in [1.807, 2.05) is 6.07 Å². The number of esters is 1. The Morgan fingerprint density at radius 3 is 2.17 bits per heavy atom. The third-order valence-electron chi connectivity index (χ3n) is 4.79. The van der Waals surface area contributed by atoms with Crippen molar-refractivity contribution >= 4 is 24.0 Å². The summed E-state index contributed by atoms with van der Waals surface area (Å²) in [4.78, 5) is 37.6. The number of carbonyl (C=O) groups is 3. The summed E-state index contributed by atoms with van der Waals surface area (Å²) in [5, 5.41) is 2.38. The summed E-state index contributed by atoms with van der Waals surface area (Å²) in [6.07, 6.45) is -0.702. The van der Waals surface area contributed by atoms with Crippen LogP contribution in [0.1, 0.15) is 52.6 Å². The Labute approximate surface area is 202 Å². The van der Waals surface area contributed by atoms with E-state index in [4.69, 9.17) is 14.2 Å². The number of hydrogen-bond donors (Lipinski definition) is 1. The fraction of sp³-hybridized carbons (Fsp3) is 0.222. The molecular formula is C27H26FNO6. The standard InChI is InChI=1S/C27H26FNO6/c1-17-21(25(31)34-19-13-9-6-10-14-19)24(33-16-18-11-7-5-8-12-18)23(20(15-30)22(17)28)29-26(32)35-27(2,3)4/h5-15H,16H2,1-4H3,(H,29,32). The molecule has 0 fully saturated rings. The van der Waals surface area contributed by atoms with Crippen molar-refractivity contribution in [3.05, 3.63) is 88.7 Å². The van der Waals surface area contributed by atoms with Crippen LogP contribution in [-0.2, 0) is 11.3 Å². The monoisotopic (exact) mass is 479 g/mol. The van der Waals surface area contributed by atoms with Gasteiger partial charge in [-0.05, 0) is 45.4 Å². The molecule has 0 aliphatic heterocycles. The van der Waals surface area contributed by atoms with Crippen LogP contribution in [0.25, 0.3) is 0 Å². The molecule has 0 radical (unpaired) electrons. The topological polar surface area (TPSA) is 90.9 Å². The van der Waals surface area contributed by atoms with Gasteiger partial charge in [0.15, 0.2) is 12.0 Å². The van der Waals surface area contributed by atoms with Gasteiger partial charge in [0.05, 0.1) is 5.56 Å². The molecule has 0 atom stereocenters. The quantitative estimate of drug-likeness (QED) is 0.250. The Hall–Kier alpha value is -4.20. The normalized spacial score (nSPS) is 10.9. The first-order valence-corrected chi connectivity index (χ1v) is 10.9. The van der Waals surface area contributed by atoms with Crippen molar-refractivity contribution < 1.29 is 33.0 Å². The maximum Gasteiger partial charge on any atom is 0.412 e. The Balaban J connectivity index is 2.13. The summed E-state index contributed by atoms with van der Waals surface area (Å²) in [5.41, 5.74) is -1.35. The molecule has 0 saturated carbocycles. The molecule has 1 N–H and O–H groups in total. The van der Waals surface area contributed by atoms with E-state index in [1.165, 1.54) is 6.92 Å². The minimum Gasteiger partial charge on any atom is -0.486 e. The molecule has 0 aliphatic rings. The van der Waals surface area contributed by atoms with E-state index in [9.17, 15) is 14.4 Å². The maximum atomic E-state index is 15.3. The molecule has 0 spiro atoms. The van der Waals surface area contributed by atoms with Gasteiger partial charge in [-0.15, -0.1) is 0 Å². The van der Waals surface area contributed by atoms with Crippen LogP contribution in [0.15, 0.2) is 60.7 Å². The van der Waals surface area contributed by atoms with Gasteiger partial charge in [0.25, 0.3) is 0 Å². The van der Waals surface area contributed by atoms with Crippen molar-refractivity contribution in [2.75, 3.05) is 5.32 Å². The number of anilines is 1. The van der Waals surface area contributed by atoms with E-state index in [0.29, 0.717) is 0 Å². The molecule has 0 aromatic heterocycles. The number of hydrogen-bond acceptors (Lipinski definition) is 6. The number of ether oxygens (including phenoxy) is 3. The summed E-state index contributed by atoms with van der Waals surface area (Å²) in [6.45, 7) is 6.25. The van der Waals surface area contributed by atoms with Crippen LogP contribution < -0.4 is 14.8 Å². The number of benzene rings is 3. The van der Waals surface area contributed by atoms with Crippen molar-refractivity contribution in [3.63, 3.8) is 0 Å². The zero-order chi connectivity index (χ0) is 25.6. The average Bonchev–Trinajstić information content (AvgIpc) is 2.80. The van der Waals surface area contributed by atoms with Gasteiger partial charge < -0.3 is 14.2 Å². The van der Waals surface area contributed by atoms with Gasteiger partial charge in [-0.2, -0.15) is 0 Å². The molecule has 0 bridgehead atoms. The molecule has 0 unspecified atom stereocenters. The largest absolute Gasteiger partial charge is 0.486 e. The van der Waals surface area contributed by atoms with Gasteiger partial charge in [0.1, 0.15) is 35.0 Å². The molecule has 0 heterocycles. The third-order valence-corrected chi connectivity index (χ3v) is 4.79. The van der Waals surface area contributed by atoms with Crippen molar-refractivity contribution in [1.82, 2.24) is 0 Å². The molecular weight excluding hydrogens is 453 g/mol. The summed E-state index contributed by atoms with van der Waals surface area (Å²) in [7, 11) is 0. The number of aldehydes is 1. The van der Waals surface area contributed by atoms with Crippen LogP contribution in [0.3, 0.4) is 0 Å². The van der Waals surface area contributed by atoms with Crippen molar-refractivity contribution in [3.8, 4) is 11.5 Å². The van der Waals surface area contributed by atoms with Crippen molar-refractivity contribution in [2.24, 2.45) is 0 Å². The molecule has 3 rings (SSSR count). The van der Waals surface area contributed by atoms with Crippen LogP contribution in [-0.4, -0.2) is 23.9 Å². The zero-order valence-electron chi connectivity index (χ0n) is 19.9. The lowest BCUT2D eigenvalue weighted by Gasteiger charge is -2.23. The molecule has 7 nitrogen and oxygen atoms in total. The Kier molecular flexibility index (Phi) is 7.86. The predicted molar refractivity (Wildman–Crippen MR) is 129 cm³/mol. The van der Waals surface area contributed by atoms with Crippen LogP contribution >= 0.6 is 0 Å². The second-order valence-electron chi connectivity index (χ2n) is 8.65. The lowest BCUT2D eigenvalue weighted by molar-refractivity contribution is 0.0632. The van der Waals surface area contributed by atoms with Gasteiger partial charge in [-0.1, -0.05) is 48.5 Å². The Morgan fingerprint density at radius 1 is 1.00 bits per heavy atom. The van der Waals surface area contributed by atoms with E-state index in [0.717, 1.165) is 5.56 Å². The van der Waals surface area contributed by atoms with Gasteiger partial charge in [-0.3, -0.25) is 10.1 Å². The highest BCUT2D eigenvalue weighted by molar-refractivity contribution is 6.04. The molecule has 1 amide bonds. The van der Waals surface area contributed by atoms with E-state index in [1.54, 1.807) is 75.4 Å². The number of para-hydroxylation sites is 1. The fourth-order valence-electron chi connectivity index (χ4n) is 3.25. The van der Waals surface area contributed by atoms with Crippen molar-refractivity contribution in [1.29, 1.82) is 0 Å². The molecule has 35 heavy (non-hydrogen) atoms. The minimum absolute atomic E-state index is 0.0289. The molecule has 182 valence electrons. The van der Waals surface area contributed by atoms with Gasteiger partial charge in [0.2, 0.25) is 0 Å². The van der Waals surface area contributed by atoms with Crippen LogP contribution in [0.4, 0.5) is 14.9 Å². The predicted octanol–water partition coefficient (Wildman–Crippen LogP) is 6.09. The summed E-state index contributed by atoms with van der Waals surface area (Å²) in [6, 6.07) is 17.2. The number of carbonyl (C=O) groups excluding carboxylic acids is 3. The van der Waals surface area contributed by atoms with Gasteiger partial charge >= 0.3 is 12.1 Å². The lowest BCUT2D eigenvalue weighted by atomic mass is 10.00. The lowest BCUT2D eigenvalue weighted by Crippen LogP contribution is -2.28. The molecule has 3 aromatic rings. The van der Waals surface area contributed by atoms with E-state index in [2.05, 4.69) is 5.32 Å². The Bertz CT molecular complexity index is 1220. The van der Waals surface area contributed by atoms with Crippen LogP contribution in [0, 0.1) is 12.7 Å². The van der Waals surface area contributed by atoms with Crippen LogP contribution in [0.2, 0.25) is 0 Å². The average molecular weight is 480 g/mol. The van der Waals surface area contributed by atoms with Crippen LogP contribution in [0.5, 0.6) is 11.5 Å². The molecule has 8 heteroatoms. The number of amides is 1. The van der Waals surface area contributed by atoms with E-state index < -0.39 is 29.0 Å². The second kappa shape index (κ2) is 10.8. The van der Waals surface area contributed by atoms with E-state index in [-0.39, 0.29) is 41.2 Å². The zero-order valence-corrected chi connectivity index (χ0v) is 19.9. The summed E-state index contributed by atoms with van der Waals surface area (Å²) < 4.78 is 31.9. The SMILES string of the molecule is Cc1c(F)c(C=O)c(NC(=O)OC(C)(C)C)c(OCc2ccccc2)c1C(=O)Oc1ccccc1. The number of nitrogens with one attached hydrogen (secondary N) is 1. The molecule has 0 aliphatic carbocycles. The number of halogens is 1. The highest BCUT2D eigenvalue weighted by Crippen LogP contribution is 2.38. The highest BCUT2D eigenvalue weighted by Gasteiger charge is 2.30.